The lowest BCUT2D eigenvalue weighted by molar-refractivity contribution is 0.773. The molecule has 5 heteroatoms. The van der Waals surface area contributed by atoms with Gasteiger partial charge in [-0.25, -0.2) is 0 Å². The van der Waals surface area contributed by atoms with Crippen LogP contribution in [0.3, 0.4) is 0 Å². The van der Waals surface area contributed by atoms with Gasteiger partial charge in [-0.3, -0.25) is 0 Å². The zero-order valence-corrected chi connectivity index (χ0v) is 11.9. The quantitative estimate of drug-likeness (QED) is 0.592. The van der Waals surface area contributed by atoms with Crippen molar-refractivity contribution in [1.29, 1.82) is 0 Å². The Morgan fingerprint density at radius 3 is 2.80 bits per heavy atom. The van der Waals surface area contributed by atoms with E-state index in [4.69, 9.17) is 0 Å². The Bertz CT molecular complexity index is 670. The predicted molar refractivity (Wildman–Crippen MR) is 82.7 cm³/mol. The first-order valence-electron chi connectivity index (χ1n) is 6.43. The Balaban J connectivity index is 1.64. The van der Waals surface area contributed by atoms with Gasteiger partial charge in [-0.15, -0.1) is 21.6 Å². The largest absolute Gasteiger partial charge is 0.179 e. The standard InChI is InChI=1S/C15H14N4S/c1-11-7-8-13(20-11)10-16-18-15-9-14(17-19-15)12-5-3-2-4-6-12/h2-8,10,14H,9H2,1H3/b16-10+,18-15+. The Hall–Kier alpha value is -2.14. The maximum Gasteiger partial charge on any atom is 0.175 e. The fourth-order valence-electron chi connectivity index (χ4n) is 1.99. The maximum atomic E-state index is 4.24. The van der Waals surface area contributed by atoms with Gasteiger partial charge < -0.3 is 0 Å². The first-order valence-corrected chi connectivity index (χ1v) is 7.25. The van der Waals surface area contributed by atoms with E-state index in [1.165, 1.54) is 10.4 Å². The molecule has 1 aliphatic rings. The second kappa shape index (κ2) is 5.88. The molecular formula is C15H14N4S. The average Bonchev–Trinajstić information content (AvgIpc) is 3.09. The molecule has 1 aromatic heterocycles. The van der Waals surface area contributed by atoms with Crippen LogP contribution in [0.25, 0.3) is 0 Å². The van der Waals surface area contributed by atoms with Crippen LogP contribution in [-0.4, -0.2) is 12.1 Å². The van der Waals surface area contributed by atoms with E-state index in [2.05, 4.69) is 45.6 Å². The van der Waals surface area contributed by atoms with Crippen molar-refractivity contribution in [2.45, 2.75) is 19.4 Å². The molecule has 0 bridgehead atoms. The molecule has 2 heterocycles. The van der Waals surface area contributed by atoms with Gasteiger partial charge in [0, 0.05) is 16.2 Å². The molecule has 0 radical (unpaired) electrons. The van der Waals surface area contributed by atoms with E-state index in [9.17, 15) is 0 Å². The number of rotatable bonds is 3. The first kappa shape index (κ1) is 12.9. The van der Waals surface area contributed by atoms with Crippen molar-refractivity contribution in [1.82, 2.24) is 0 Å². The van der Waals surface area contributed by atoms with E-state index < -0.39 is 0 Å². The lowest BCUT2D eigenvalue weighted by atomic mass is 10.1. The number of nitrogens with zero attached hydrogens (tertiary/aromatic N) is 4. The Morgan fingerprint density at radius 2 is 2.05 bits per heavy atom. The summed E-state index contributed by atoms with van der Waals surface area (Å²) >= 11 is 1.70. The predicted octanol–water partition coefficient (Wildman–Crippen LogP) is 4.39. The lowest BCUT2D eigenvalue weighted by Crippen LogP contribution is -1.95. The monoisotopic (exact) mass is 282 g/mol. The molecule has 1 unspecified atom stereocenters. The Morgan fingerprint density at radius 1 is 1.20 bits per heavy atom. The molecule has 0 saturated carbocycles. The SMILES string of the molecule is Cc1ccc(/C=N/N=C2\CC(c3ccccc3)N=N2)s1. The zero-order valence-electron chi connectivity index (χ0n) is 11.1. The lowest BCUT2D eigenvalue weighted by Gasteiger charge is -2.02. The van der Waals surface area contributed by atoms with Crippen molar-refractivity contribution in [2.24, 2.45) is 20.4 Å². The molecule has 0 aliphatic carbocycles. The number of hydrogen-bond donors (Lipinski definition) is 0. The summed E-state index contributed by atoms with van der Waals surface area (Å²) in [6.07, 6.45) is 2.47. The Kier molecular flexibility index (Phi) is 3.78. The zero-order chi connectivity index (χ0) is 13.8. The van der Waals surface area contributed by atoms with Gasteiger partial charge in [0.25, 0.3) is 0 Å². The van der Waals surface area contributed by atoms with Crippen LogP contribution < -0.4 is 0 Å². The fraction of sp³-hybridized carbons (Fsp3) is 0.200. The minimum atomic E-state index is 0.0779. The van der Waals surface area contributed by atoms with Gasteiger partial charge in [0.2, 0.25) is 0 Å². The third kappa shape index (κ3) is 3.05. The molecule has 4 nitrogen and oxygen atoms in total. The normalized spacial score (nSPS) is 20.2. The van der Waals surface area contributed by atoms with Crippen LogP contribution in [0.15, 0.2) is 62.9 Å². The molecule has 1 aromatic carbocycles. The van der Waals surface area contributed by atoms with Crippen LogP contribution in [0.5, 0.6) is 0 Å². The summed E-state index contributed by atoms with van der Waals surface area (Å²) in [7, 11) is 0. The van der Waals surface area contributed by atoms with E-state index in [1.807, 2.05) is 24.3 Å². The highest BCUT2D eigenvalue weighted by atomic mass is 32.1. The van der Waals surface area contributed by atoms with Gasteiger partial charge >= 0.3 is 0 Å². The highest BCUT2D eigenvalue weighted by Gasteiger charge is 2.19. The molecule has 1 aliphatic heterocycles. The summed E-state index contributed by atoms with van der Waals surface area (Å²) in [6, 6.07) is 14.3. The molecule has 2 aromatic rings. The number of azo groups is 1. The number of aryl methyl sites for hydroxylation is 1. The van der Waals surface area contributed by atoms with Crippen LogP contribution in [0.1, 0.15) is 27.8 Å². The summed E-state index contributed by atoms with van der Waals surface area (Å²) < 4.78 is 0. The van der Waals surface area contributed by atoms with Crippen molar-refractivity contribution in [3.63, 3.8) is 0 Å². The van der Waals surface area contributed by atoms with Crippen LogP contribution in [-0.2, 0) is 0 Å². The number of amidine groups is 1. The van der Waals surface area contributed by atoms with Crippen molar-refractivity contribution >= 4 is 23.4 Å². The second-order valence-electron chi connectivity index (χ2n) is 4.56. The molecule has 0 spiro atoms. The molecule has 0 N–H and O–H groups in total. The van der Waals surface area contributed by atoms with E-state index in [0.29, 0.717) is 12.3 Å². The van der Waals surface area contributed by atoms with Gasteiger partial charge in [-0.05, 0) is 24.6 Å². The average molecular weight is 282 g/mol. The van der Waals surface area contributed by atoms with Gasteiger partial charge in [0.05, 0.1) is 6.21 Å². The smallest absolute Gasteiger partial charge is 0.175 e. The number of benzene rings is 1. The third-order valence-electron chi connectivity index (χ3n) is 2.99. The molecule has 0 fully saturated rings. The highest BCUT2D eigenvalue weighted by Crippen LogP contribution is 2.27. The summed E-state index contributed by atoms with van der Waals surface area (Å²) in [4.78, 5) is 2.37. The molecule has 0 saturated heterocycles. The van der Waals surface area contributed by atoms with Crippen LogP contribution in [0, 0.1) is 6.92 Å². The highest BCUT2D eigenvalue weighted by molar-refractivity contribution is 7.13. The van der Waals surface area contributed by atoms with Crippen LogP contribution in [0.2, 0.25) is 0 Å². The van der Waals surface area contributed by atoms with Crippen molar-refractivity contribution in [3.8, 4) is 0 Å². The number of thiophene rings is 1. The van der Waals surface area contributed by atoms with E-state index in [1.54, 1.807) is 17.6 Å². The summed E-state index contributed by atoms with van der Waals surface area (Å²) in [6.45, 7) is 2.07. The minimum Gasteiger partial charge on any atom is -0.179 e. The molecule has 1 atom stereocenters. The van der Waals surface area contributed by atoms with Gasteiger partial charge in [0.1, 0.15) is 6.04 Å². The van der Waals surface area contributed by atoms with Crippen molar-refractivity contribution < 1.29 is 0 Å². The van der Waals surface area contributed by atoms with Crippen molar-refractivity contribution in [2.75, 3.05) is 0 Å². The minimum absolute atomic E-state index is 0.0779. The number of hydrogen-bond acceptors (Lipinski definition) is 4. The second-order valence-corrected chi connectivity index (χ2v) is 5.87. The van der Waals surface area contributed by atoms with Crippen LogP contribution in [0.4, 0.5) is 0 Å². The first-order chi connectivity index (χ1) is 9.81. The van der Waals surface area contributed by atoms with E-state index >= 15 is 0 Å². The third-order valence-corrected chi connectivity index (χ3v) is 3.93. The molecule has 3 rings (SSSR count). The van der Waals surface area contributed by atoms with E-state index in [-0.39, 0.29) is 6.04 Å². The molecule has 100 valence electrons. The topological polar surface area (TPSA) is 49.4 Å². The molecule has 20 heavy (non-hydrogen) atoms. The Labute approximate surface area is 121 Å². The maximum absolute atomic E-state index is 4.24. The summed E-state index contributed by atoms with van der Waals surface area (Å²) in [5.74, 6) is 0.684. The fourth-order valence-corrected chi connectivity index (χ4v) is 2.73. The van der Waals surface area contributed by atoms with Crippen molar-refractivity contribution in [3.05, 3.63) is 57.8 Å². The molecule has 0 amide bonds. The summed E-state index contributed by atoms with van der Waals surface area (Å²) in [5.41, 5.74) is 1.17. The van der Waals surface area contributed by atoms with Gasteiger partial charge in [-0.2, -0.15) is 10.2 Å². The molecular weight excluding hydrogens is 268 g/mol. The van der Waals surface area contributed by atoms with Gasteiger partial charge in [0.15, 0.2) is 5.84 Å². The summed E-state index contributed by atoms with van der Waals surface area (Å²) in [5, 5.41) is 16.6. The van der Waals surface area contributed by atoms with Crippen LogP contribution >= 0.6 is 11.3 Å². The van der Waals surface area contributed by atoms with E-state index in [0.717, 1.165) is 4.88 Å². The van der Waals surface area contributed by atoms with Gasteiger partial charge in [-0.1, -0.05) is 30.3 Å².